The minimum atomic E-state index is -0.457. The van der Waals surface area contributed by atoms with E-state index in [2.05, 4.69) is 15.3 Å². The molecule has 18 heavy (non-hydrogen) atoms. The third-order valence-corrected chi connectivity index (χ3v) is 3.11. The molecule has 0 aliphatic carbocycles. The van der Waals surface area contributed by atoms with Crippen molar-refractivity contribution in [3.05, 3.63) is 18.2 Å². The van der Waals surface area contributed by atoms with Gasteiger partial charge in [0.2, 0.25) is 5.91 Å². The number of urea groups is 1. The van der Waals surface area contributed by atoms with E-state index in [1.54, 1.807) is 12.5 Å². The zero-order valence-electron chi connectivity index (χ0n) is 10.1. The third kappa shape index (κ3) is 2.99. The predicted octanol–water partition coefficient (Wildman–Crippen LogP) is -0.183. The molecule has 1 aliphatic rings. The standard InChI is InChI=1S/C11H17N5O2/c12-11(18)16-3-1-2-8(6-16)10(17)14-5-9-4-13-7-15-9/h4,7-8H,1-3,5-6H2,(H2,12,18)(H,13,15)(H,14,17). The van der Waals surface area contributed by atoms with Crippen molar-refractivity contribution in [3.8, 4) is 0 Å². The topological polar surface area (TPSA) is 104 Å². The molecule has 1 aromatic heterocycles. The molecular weight excluding hydrogens is 234 g/mol. The van der Waals surface area contributed by atoms with Crippen LogP contribution >= 0.6 is 0 Å². The molecule has 0 aromatic carbocycles. The fraction of sp³-hybridized carbons (Fsp3) is 0.545. The highest BCUT2D eigenvalue weighted by molar-refractivity contribution is 5.80. The number of amides is 3. The predicted molar refractivity (Wildman–Crippen MR) is 64.3 cm³/mol. The first-order valence-corrected chi connectivity index (χ1v) is 5.96. The lowest BCUT2D eigenvalue weighted by atomic mass is 9.97. The number of rotatable bonds is 3. The summed E-state index contributed by atoms with van der Waals surface area (Å²) in [5.74, 6) is -0.218. The summed E-state index contributed by atoms with van der Waals surface area (Å²) in [6.45, 7) is 1.47. The van der Waals surface area contributed by atoms with Gasteiger partial charge in [0, 0.05) is 19.3 Å². The van der Waals surface area contributed by atoms with Gasteiger partial charge < -0.3 is 20.9 Å². The van der Waals surface area contributed by atoms with Gasteiger partial charge in [-0.3, -0.25) is 4.79 Å². The number of primary amides is 1. The molecule has 4 N–H and O–H groups in total. The van der Waals surface area contributed by atoms with E-state index < -0.39 is 6.03 Å². The highest BCUT2D eigenvalue weighted by Crippen LogP contribution is 2.16. The lowest BCUT2D eigenvalue weighted by Crippen LogP contribution is -2.47. The Hall–Kier alpha value is -2.05. The van der Waals surface area contributed by atoms with Gasteiger partial charge in [0.1, 0.15) is 0 Å². The quantitative estimate of drug-likeness (QED) is 0.693. The maximum atomic E-state index is 11.9. The summed E-state index contributed by atoms with van der Waals surface area (Å²) in [7, 11) is 0. The largest absolute Gasteiger partial charge is 0.351 e. The van der Waals surface area contributed by atoms with Gasteiger partial charge >= 0.3 is 6.03 Å². The highest BCUT2D eigenvalue weighted by Gasteiger charge is 2.27. The molecule has 2 heterocycles. The molecule has 0 spiro atoms. The number of carbonyl (C=O) groups is 2. The number of nitrogens with zero attached hydrogens (tertiary/aromatic N) is 2. The molecule has 1 atom stereocenters. The van der Waals surface area contributed by atoms with Gasteiger partial charge in [-0.15, -0.1) is 0 Å². The molecular formula is C11H17N5O2. The zero-order valence-corrected chi connectivity index (χ0v) is 10.1. The fourth-order valence-electron chi connectivity index (χ4n) is 2.10. The van der Waals surface area contributed by atoms with Crippen LogP contribution in [-0.2, 0) is 11.3 Å². The van der Waals surface area contributed by atoms with E-state index in [1.807, 2.05) is 0 Å². The number of nitrogens with one attached hydrogen (secondary N) is 2. The summed E-state index contributed by atoms with van der Waals surface area (Å²) in [4.78, 5) is 31.3. The minimum Gasteiger partial charge on any atom is -0.351 e. The smallest absolute Gasteiger partial charge is 0.314 e. The number of nitrogens with two attached hydrogens (primary N) is 1. The number of aromatic amines is 1. The zero-order chi connectivity index (χ0) is 13.0. The van der Waals surface area contributed by atoms with Gasteiger partial charge in [-0.1, -0.05) is 0 Å². The van der Waals surface area contributed by atoms with Crippen LogP contribution in [0.1, 0.15) is 18.5 Å². The summed E-state index contributed by atoms with van der Waals surface area (Å²) in [5.41, 5.74) is 6.08. The Bertz CT molecular complexity index is 417. The minimum absolute atomic E-state index is 0.0458. The van der Waals surface area contributed by atoms with E-state index in [4.69, 9.17) is 5.73 Å². The molecule has 2 rings (SSSR count). The molecule has 3 amide bonds. The van der Waals surface area contributed by atoms with Crippen molar-refractivity contribution in [2.24, 2.45) is 11.7 Å². The summed E-state index contributed by atoms with van der Waals surface area (Å²) in [6, 6.07) is -0.457. The van der Waals surface area contributed by atoms with Crippen molar-refractivity contribution in [2.75, 3.05) is 13.1 Å². The van der Waals surface area contributed by atoms with Gasteiger partial charge in [0.05, 0.1) is 24.5 Å². The molecule has 1 saturated heterocycles. The van der Waals surface area contributed by atoms with Crippen LogP contribution in [0.25, 0.3) is 0 Å². The van der Waals surface area contributed by atoms with E-state index in [0.717, 1.165) is 18.5 Å². The summed E-state index contributed by atoms with van der Waals surface area (Å²) in [5, 5.41) is 2.83. The van der Waals surface area contributed by atoms with Crippen LogP contribution < -0.4 is 11.1 Å². The Morgan fingerprint density at radius 1 is 1.61 bits per heavy atom. The summed E-state index contributed by atoms with van der Waals surface area (Å²) in [6.07, 6.45) is 4.83. The molecule has 7 nitrogen and oxygen atoms in total. The Balaban J connectivity index is 1.83. The van der Waals surface area contributed by atoms with Crippen molar-refractivity contribution in [3.63, 3.8) is 0 Å². The van der Waals surface area contributed by atoms with Crippen LogP contribution in [0.2, 0.25) is 0 Å². The van der Waals surface area contributed by atoms with Crippen molar-refractivity contribution in [1.82, 2.24) is 20.2 Å². The van der Waals surface area contributed by atoms with Gasteiger partial charge in [0.15, 0.2) is 0 Å². The van der Waals surface area contributed by atoms with Crippen LogP contribution in [-0.4, -0.2) is 39.9 Å². The number of piperidine rings is 1. The number of H-pyrrole nitrogens is 1. The lowest BCUT2D eigenvalue weighted by Gasteiger charge is -2.30. The number of carbonyl (C=O) groups excluding carboxylic acids is 2. The summed E-state index contributed by atoms with van der Waals surface area (Å²) < 4.78 is 0. The van der Waals surface area contributed by atoms with E-state index in [9.17, 15) is 9.59 Å². The molecule has 0 radical (unpaired) electrons. The third-order valence-electron chi connectivity index (χ3n) is 3.11. The number of aromatic nitrogens is 2. The van der Waals surface area contributed by atoms with Gasteiger partial charge in [-0.2, -0.15) is 0 Å². The Morgan fingerprint density at radius 3 is 3.11 bits per heavy atom. The normalized spacial score (nSPS) is 19.6. The number of imidazole rings is 1. The molecule has 7 heteroatoms. The van der Waals surface area contributed by atoms with E-state index >= 15 is 0 Å². The molecule has 0 bridgehead atoms. The first-order valence-electron chi connectivity index (χ1n) is 5.96. The number of hydrogen-bond donors (Lipinski definition) is 3. The first kappa shape index (κ1) is 12.4. The van der Waals surface area contributed by atoms with Crippen molar-refractivity contribution >= 4 is 11.9 Å². The van der Waals surface area contributed by atoms with Crippen molar-refractivity contribution in [1.29, 1.82) is 0 Å². The van der Waals surface area contributed by atoms with Gasteiger partial charge in [-0.05, 0) is 12.8 Å². The molecule has 98 valence electrons. The molecule has 1 fully saturated rings. The Labute approximate surface area is 105 Å². The number of likely N-dealkylation sites (tertiary alicyclic amines) is 1. The highest BCUT2D eigenvalue weighted by atomic mass is 16.2. The van der Waals surface area contributed by atoms with E-state index in [-0.39, 0.29) is 11.8 Å². The average Bonchev–Trinajstić information content (AvgIpc) is 2.89. The fourth-order valence-corrected chi connectivity index (χ4v) is 2.10. The first-order chi connectivity index (χ1) is 8.66. The van der Waals surface area contributed by atoms with E-state index in [1.165, 1.54) is 4.90 Å². The molecule has 1 unspecified atom stereocenters. The van der Waals surface area contributed by atoms with Crippen LogP contribution in [0, 0.1) is 5.92 Å². The monoisotopic (exact) mass is 251 g/mol. The van der Waals surface area contributed by atoms with Crippen LogP contribution in [0.4, 0.5) is 4.79 Å². The Kier molecular flexibility index (Phi) is 3.81. The maximum Gasteiger partial charge on any atom is 0.314 e. The maximum absolute atomic E-state index is 11.9. The van der Waals surface area contributed by atoms with Crippen molar-refractivity contribution in [2.45, 2.75) is 19.4 Å². The number of hydrogen-bond acceptors (Lipinski definition) is 3. The van der Waals surface area contributed by atoms with E-state index in [0.29, 0.717) is 19.6 Å². The Morgan fingerprint density at radius 2 is 2.44 bits per heavy atom. The van der Waals surface area contributed by atoms with Crippen LogP contribution in [0.3, 0.4) is 0 Å². The molecule has 1 aromatic rings. The second-order valence-electron chi connectivity index (χ2n) is 4.42. The lowest BCUT2D eigenvalue weighted by molar-refractivity contribution is -0.126. The van der Waals surface area contributed by atoms with Gasteiger partial charge in [0.25, 0.3) is 0 Å². The van der Waals surface area contributed by atoms with Crippen LogP contribution in [0.5, 0.6) is 0 Å². The van der Waals surface area contributed by atoms with Gasteiger partial charge in [-0.25, -0.2) is 9.78 Å². The van der Waals surface area contributed by atoms with Crippen LogP contribution in [0.15, 0.2) is 12.5 Å². The molecule has 1 aliphatic heterocycles. The second-order valence-corrected chi connectivity index (χ2v) is 4.42. The second kappa shape index (κ2) is 5.52. The van der Waals surface area contributed by atoms with Crippen molar-refractivity contribution < 1.29 is 9.59 Å². The molecule has 0 saturated carbocycles. The SMILES string of the molecule is NC(=O)N1CCCC(C(=O)NCc2cnc[nH]2)C1. The summed E-state index contributed by atoms with van der Waals surface area (Å²) >= 11 is 0. The average molecular weight is 251 g/mol.